The molecule has 0 spiro atoms. The van der Waals surface area contributed by atoms with Crippen LogP contribution in [0.4, 0.5) is 4.79 Å². The highest BCUT2D eigenvalue weighted by Gasteiger charge is 2.29. The van der Waals surface area contributed by atoms with Crippen molar-refractivity contribution in [2.24, 2.45) is 0 Å². The van der Waals surface area contributed by atoms with Gasteiger partial charge in [0.15, 0.2) is 0 Å². The van der Waals surface area contributed by atoms with Crippen molar-refractivity contribution in [3.63, 3.8) is 0 Å². The van der Waals surface area contributed by atoms with Crippen LogP contribution in [0.2, 0.25) is 0 Å². The number of nitrogens with zero attached hydrogens (tertiary/aromatic N) is 3. The minimum Gasteiger partial charge on any atom is -0.336 e. The number of hydrogen-bond acceptors (Lipinski definition) is 4. The molecular formula is C15H20N4O2. The Morgan fingerprint density at radius 2 is 2.14 bits per heavy atom. The Hall–Kier alpha value is -1.95. The van der Waals surface area contributed by atoms with Gasteiger partial charge in [-0.15, -0.1) is 0 Å². The number of hydrogen-bond donors (Lipinski definition) is 1. The number of imide groups is 1. The lowest BCUT2D eigenvalue weighted by Crippen LogP contribution is -2.44. The van der Waals surface area contributed by atoms with E-state index in [9.17, 15) is 9.59 Å². The van der Waals surface area contributed by atoms with Gasteiger partial charge in [0.25, 0.3) is 0 Å². The average Bonchev–Trinajstić information content (AvgIpc) is 2.95. The maximum atomic E-state index is 12.2. The molecule has 0 bridgehead atoms. The average molecular weight is 288 g/mol. The molecule has 2 aliphatic rings. The molecule has 1 atom stereocenters. The first-order valence-electron chi connectivity index (χ1n) is 7.44. The lowest BCUT2D eigenvalue weighted by atomic mass is 9.91. The van der Waals surface area contributed by atoms with E-state index >= 15 is 0 Å². The fourth-order valence-electron chi connectivity index (χ4n) is 3.09. The molecule has 6 heteroatoms. The standard InChI is InChI=1S/C15H20N4O2/c20-14(19-9-7-17-15(19)21)11-18-8-1-2-13(10-18)12-3-5-16-6-4-12/h3-6,13H,1-2,7-11H2,(H,17,21)/t13-/m1/s1. The summed E-state index contributed by atoms with van der Waals surface area (Å²) < 4.78 is 0. The van der Waals surface area contributed by atoms with Crippen molar-refractivity contribution in [3.05, 3.63) is 30.1 Å². The quantitative estimate of drug-likeness (QED) is 0.894. The minimum atomic E-state index is -0.261. The molecule has 0 aliphatic carbocycles. The maximum Gasteiger partial charge on any atom is 0.324 e. The van der Waals surface area contributed by atoms with Gasteiger partial charge in [-0.2, -0.15) is 0 Å². The summed E-state index contributed by atoms with van der Waals surface area (Å²) in [7, 11) is 0. The number of carbonyl (C=O) groups excluding carboxylic acids is 2. The van der Waals surface area contributed by atoms with Crippen LogP contribution in [0.5, 0.6) is 0 Å². The highest BCUT2D eigenvalue weighted by molar-refractivity contribution is 5.96. The summed E-state index contributed by atoms with van der Waals surface area (Å²) in [5.74, 6) is 0.349. The normalized spacial score (nSPS) is 23.1. The third kappa shape index (κ3) is 3.21. The zero-order valence-corrected chi connectivity index (χ0v) is 12.0. The number of rotatable bonds is 3. The van der Waals surface area contributed by atoms with Gasteiger partial charge < -0.3 is 5.32 Å². The maximum absolute atomic E-state index is 12.2. The highest BCUT2D eigenvalue weighted by atomic mass is 16.2. The highest BCUT2D eigenvalue weighted by Crippen LogP contribution is 2.26. The molecule has 1 aromatic rings. The number of nitrogens with one attached hydrogen (secondary N) is 1. The smallest absolute Gasteiger partial charge is 0.324 e. The van der Waals surface area contributed by atoms with E-state index in [0.29, 0.717) is 25.6 Å². The van der Waals surface area contributed by atoms with Crippen LogP contribution in [-0.2, 0) is 4.79 Å². The molecule has 21 heavy (non-hydrogen) atoms. The lowest BCUT2D eigenvalue weighted by Gasteiger charge is -2.33. The molecule has 3 heterocycles. The van der Waals surface area contributed by atoms with Gasteiger partial charge in [-0.1, -0.05) is 0 Å². The van der Waals surface area contributed by atoms with Crippen molar-refractivity contribution >= 4 is 11.9 Å². The van der Waals surface area contributed by atoms with Crippen LogP contribution >= 0.6 is 0 Å². The molecule has 2 aliphatic heterocycles. The molecular weight excluding hydrogens is 268 g/mol. The van der Waals surface area contributed by atoms with Crippen LogP contribution < -0.4 is 5.32 Å². The summed E-state index contributed by atoms with van der Waals surface area (Å²) in [6, 6.07) is 3.83. The predicted molar refractivity (Wildman–Crippen MR) is 77.8 cm³/mol. The largest absolute Gasteiger partial charge is 0.336 e. The molecule has 0 aromatic carbocycles. The molecule has 112 valence electrons. The van der Waals surface area contributed by atoms with Crippen molar-refractivity contribution in [1.29, 1.82) is 0 Å². The molecule has 2 saturated heterocycles. The number of pyridine rings is 1. The topological polar surface area (TPSA) is 65.5 Å². The summed E-state index contributed by atoms with van der Waals surface area (Å²) in [6.45, 7) is 3.16. The van der Waals surface area contributed by atoms with Crippen LogP contribution in [-0.4, -0.2) is 59.4 Å². The van der Waals surface area contributed by atoms with Crippen molar-refractivity contribution in [2.45, 2.75) is 18.8 Å². The van der Waals surface area contributed by atoms with Crippen LogP contribution in [0.1, 0.15) is 24.3 Å². The van der Waals surface area contributed by atoms with Gasteiger partial charge in [-0.05, 0) is 43.0 Å². The second-order valence-corrected chi connectivity index (χ2v) is 5.63. The lowest BCUT2D eigenvalue weighted by molar-refractivity contribution is -0.129. The fourth-order valence-corrected chi connectivity index (χ4v) is 3.09. The number of aromatic nitrogens is 1. The number of amides is 3. The Bertz CT molecular complexity index is 520. The summed E-state index contributed by atoms with van der Waals surface area (Å²) in [6.07, 6.45) is 5.84. The van der Waals surface area contributed by atoms with Crippen molar-refractivity contribution in [1.82, 2.24) is 20.1 Å². The van der Waals surface area contributed by atoms with Gasteiger partial charge in [-0.25, -0.2) is 4.79 Å². The zero-order chi connectivity index (χ0) is 14.7. The van der Waals surface area contributed by atoms with E-state index in [0.717, 1.165) is 25.9 Å². The van der Waals surface area contributed by atoms with E-state index < -0.39 is 0 Å². The van der Waals surface area contributed by atoms with Crippen LogP contribution in [0.25, 0.3) is 0 Å². The molecule has 3 amide bonds. The summed E-state index contributed by atoms with van der Waals surface area (Å²) >= 11 is 0. The molecule has 1 aromatic heterocycles. The van der Waals surface area contributed by atoms with Gasteiger partial charge in [0.05, 0.1) is 6.54 Å². The Labute approximate surface area is 124 Å². The second kappa shape index (κ2) is 6.22. The van der Waals surface area contributed by atoms with E-state index in [2.05, 4.69) is 15.2 Å². The fraction of sp³-hybridized carbons (Fsp3) is 0.533. The number of likely N-dealkylation sites (tertiary alicyclic amines) is 1. The molecule has 2 fully saturated rings. The summed E-state index contributed by atoms with van der Waals surface area (Å²) in [5, 5.41) is 2.66. The van der Waals surface area contributed by atoms with Gasteiger partial charge in [0.1, 0.15) is 0 Å². The van der Waals surface area contributed by atoms with Crippen LogP contribution in [0.3, 0.4) is 0 Å². The van der Waals surface area contributed by atoms with Gasteiger partial charge in [0, 0.05) is 32.0 Å². The molecule has 0 radical (unpaired) electrons. The zero-order valence-electron chi connectivity index (χ0n) is 12.0. The Balaban J connectivity index is 1.59. The van der Waals surface area contributed by atoms with E-state index in [4.69, 9.17) is 0 Å². The van der Waals surface area contributed by atoms with E-state index in [1.54, 1.807) is 0 Å². The van der Waals surface area contributed by atoms with E-state index in [1.807, 2.05) is 24.5 Å². The van der Waals surface area contributed by atoms with Crippen LogP contribution in [0.15, 0.2) is 24.5 Å². The molecule has 1 N–H and O–H groups in total. The van der Waals surface area contributed by atoms with E-state index in [1.165, 1.54) is 10.5 Å². The number of urea groups is 1. The molecule has 3 rings (SSSR count). The van der Waals surface area contributed by atoms with Gasteiger partial charge in [-0.3, -0.25) is 19.6 Å². The Kier molecular flexibility index (Phi) is 4.15. The Morgan fingerprint density at radius 3 is 2.86 bits per heavy atom. The van der Waals surface area contributed by atoms with E-state index in [-0.39, 0.29) is 11.9 Å². The molecule has 0 unspecified atom stereocenters. The second-order valence-electron chi connectivity index (χ2n) is 5.63. The molecule has 6 nitrogen and oxygen atoms in total. The summed E-state index contributed by atoms with van der Waals surface area (Å²) in [4.78, 5) is 31.2. The van der Waals surface area contributed by atoms with Gasteiger partial charge >= 0.3 is 6.03 Å². The van der Waals surface area contributed by atoms with Crippen molar-refractivity contribution < 1.29 is 9.59 Å². The number of carbonyl (C=O) groups is 2. The predicted octanol–water partition coefficient (Wildman–Crippen LogP) is 0.813. The SMILES string of the molecule is O=C(CN1CCC[C@@H](c2ccncc2)C1)N1CCNC1=O. The van der Waals surface area contributed by atoms with Crippen molar-refractivity contribution in [2.75, 3.05) is 32.7 Å². The minimum absolute atomic E-state index is 0.0969. The third-order valence-electron chi connectivity index (χ3n) is 4.20. The summed E-state index contributed by atoms with van der Waals surface area (Å²) in [5.41, 5.74) is 1.28. The first-order chi connectivity index (χ1) is 10.2. The van der Waals surface area contributed by atoms with Crippen molar-refractivity contribution in [3.8, 4) is 0 Å². The molecule has 0 saturated carbocycles. The first kappa shape index (κ1) is 14.0. The monoisotopic (exact) mass is 288 g/mol. The third-order valence-corrected chi connectivity index (χ3v) is 4.20. The first-order valence-corrected chi connectivity index (χ1v) is 7.44. The van der Waals surface area contributed by atoms with Crippen LogP contribution in [0, 0.1) is 0 Å². The van der Waals surface area contributed by atoms with Gasteiger partial charge in [0.2, 0.25) is 5.91 Å². The number of piperidine rings is 1. The Morgan fingerprint density at radius 1 is 1.33 bits per heavy atom.